The molecule has 0 atom stereocenters. The third-order valence-corrected chi connectivity index (χ3v) is 5.23. The average Bonchev–Trinajstić information content (AvgIpc) is 3.06. The number of aliphatic imine (C=N–C) groups is 1. The van der Waals surface area contributed by atoms with Crippen LogP contribution in [0.3, 0.4) is 0 Å². The highest BCUT2D eigenvalue weighted by atomic mass is 32.2. The van der Waals surface area contributed by atoms with E-state index in [1.807, 2.05) is 31.2 Å². The smallest absolute Gasteiger partial charge is 0.340 e. The highest BCUT2D eigenvalue weighted by Gasteiger charge is 2.26. The number of para-hydroxylation sites is 1. The maximum Gasteiger partial charge on any atom is 0.340 e. The summed E-state index contributed by atoms with van der Waals surface area (Å²) in [6, 6.07) is 10.9. The van der Waals surface area contributed by atoms with E-state index in [4.69, 9.17) is 9.47 Å². The summed E-state index contributed by atoms with van der Waals surface area (Å²) in [5, 5.41) is 12.8. The second-order valence-corrected chi connectivity index (χ2v) is 7.07. The normalized spacial score (nSPS) is 16.2. The van der Waals surface area contributed by atoms with Crippen molar-refractivity contribution in [2.24, 2.45) is 4.99 Å². The van der Waals surface area contributed by atoms with Crippen LogP contribution >= 0.6 is 11.8 Å². The van der Waals surface area contributed by atoms with Crippen molar-refractivity contribution in [3.05, 3.63) is 58.0 Å². The number of carboxylic acid groups (broad SMARTS) is 1. The molecular formula is C21H20N2O5S. The van der Waals surface area contributed by atoms with Gasteiger partial charge in [0, 0.05) is 0 Å². The van der Waals surface area contributed by atoms with E-state index in [1.165, 1.54) is 20.3 Å². The lowest BCUT2D eigenvalue weighted by Gasteiger charge is -2.12. The summed E-state index contributed by atoms with van der Waals surface area (Å²) in [5.41, 5.74) is 2.12. The summed E-state index contributed by atoms with van der Waals surface area (Å²) >= 11 is 1.16. The van der Waals surface area contributed by atoms with Crippen LogP contribution in [0.15, 0.2) is 46.3 Å². The molecule has 0 aliphatic carbocycles. The van der Waals surface area contributed by atoms with Gasteiger partial charge in [-0.05, 0) is 47.5 Å². The van der Waals surface area contributed by atoms with E-state index in [2.05, 4.69) is 10.3 Å². The molecule has 2 aromatic carbocycles. The first kappa shape index (κ1) is 20.5. The number of thioether (sulfide) groups is 1. The molecule has 2 N–H and O–H groups in total. The summed E-state index contributed by atoms with van der Waals surface area (Å²) in [6.45, 7) is 2.04. The zero-order chi connectivity index (χ0) is 21.0. The van der Waals surface area contributed by atoms with Gasteiger partial charge in [0.05, 0.1) is 24.8 Å². The molecule has 3 rings (SSSR count). The van der Waals surface area contributed by atoms with Crippen LogP contribution in [0.1, 0.15) is 28.4 Å². The molecular weight excluding hydrogens is 392 g/mol. The van der Waals surface area contributed by atoms with Crippen LogP contribution in [0, 0.1) is 0 Å². The maximum absolute atomic E-state index is 12.4. The molecule has 0 bridgehead atoms. The highest BCUT2D eigenvalue weighted by Crippen LogP contribution is 2.36. The second-order valence-electron chi connectivity index (χ2n) is 6.03. The number of hydrogen-bond donors (Lipinski definition) is 2. The molecule has 8 heteroatoms. The predicted octanol–water partition coefficient (Wildman–Crippen LogP) is 3.86. The quantitative estimate of drug-likeness (QED) is 0.700. The van der Waals surface area contributed by atoms with Crippen molar-refractivity contribution in [3.8, 4) is 11.5 Å². The highest BCUT2D eigenvalue weighted by molar-refractivity contribution is 8.18. The number of aromatic carboxylic acids is 1. The van der Waals surface area contributed by atoms with Crippen molar-refractivity contribution in [3.63, 3.8) is 0 Å². The van der Waals surface area contributed by atoms with Gasteiger partial charge in [0.2, 0.25) is 0 Å². The zero-order valence-corrected chi connectivity index (χ0v) is 17.0. The van der Waals surface area contributed by atoms with Crippen molar-refractivity contribution in [1.82, 2.24) is 5.32 Å². The zero-order valence-electron chi connectivity index (χ0n) is 16.2. The maximum atomic E-state index is 12.4. The molecule has 0 saturated carbocycles. The molecule has 1 amide bonds. The largest absolute Gasteiger partial charge is 0.493 e. The first-order chi connectivity index (χ1) is 14.0. The minimum absolute atomic E-state index is 0.0746. The number of nitrogens with zero attached hydrogens (tertiary/aromatic N) is 1. The van der Waals surface area contributed by atoms with E-state index in [0.717, 1.165) is 29.4 Å². The third-order valence-electron chi connectivity index (χ3n) is 4.32. The number of benzene rings is 2. The van der Waals surface area contributed by atoms with E-state index in [1.54, 1.807) is 12.1 Å². The number of nitrogens with one attached hydrogen (secondary N) is 1. The Bertz CT molecular complexity index is 1030. The summed E-state index contributed by atoms with van der Waals surface area (Å²) < 4.78 is 10.4. The number of carbonyl (C=O) groups excluding carboxylic acids is 1. The lowest BCUT2D eigenvalue weighted by atomic mass is 10.0. The molecule has 0 unspecified atom stereocenters. The number of methoxy groups -OCH3 is 2. The lowest BCUT2D eigenvalue weighted by Crippen LogP contribution is -2.19. The SMILES string of the molecule is CCc1ccccc1N=C1NC(=O)/C(=C\c2ccc(OC)c(OC)c2C(=O)O)S1. The Labute approximate surface area is 172 Å². The molecule has 0 aromatic heterocycles. The summed E-state index contributed by atoms with van der Waals surface area (Å²) in [4.78, 5) is 29.1. The van der Waals surface area contributed by atoms with Crippen LogP contribution in [0.2, 0.25) is 0 Å². The first-order valence-corrected chi connectivity index (χ1v) is 9.65. The summed E-state index contributed by atoms with van der Waals surface area (Å²) in [6.07, 6.45) is 2.33. The third kappa shape index (κ3) is 4.27. The van der Waals surface area contributed by atoms with Gasteiger partial charge in [0.25, 0.3) is 5.91 Å². The van der Waals surface area contributed by atoms with Gasteiger partial charge in [-0.3, -0.25) is 4.79 Å². The molecule has 7 nitrogen and oxygen atoms in total. The Morgan fingerprint density at radius 1 is 1.21 bits per heavy atom. The Hall–Kier alpha value is -3.26. The fourth-order valence-corrected chi connectivity index (χ4v) is 3.76. The van der Waals surface area contributed by atoms with Crippen LogP contribution in [0.4, 0.5) is 5.69 Å². The van der Waals surface area contributed by atoms with Gasteiger partial charge in [0.1, 0.15) is 5.56 Å². The van der Waals surface area contributed by atoms with Gasteiger partial charge in [-0.2, -0.15) is 0 Å². The standard InChI is InChI=1S/C21H20N2O5S/c1-4-12-7-5-6-8-14(12)22-21-23-19(24)16(29-21)11-13-9-10-15(27-2)18(28-3)17(13)20(25)26/h5-11H,4H2,1-3H3,(H,25,26)(H,22,23,24)/b16-11+. The minimum atomic E-state index is -1.18. The topological polar surface area (TPSA) is 97.2 Å². The van der Waals surface area contributed by atoms with Crippen molar-refractivity contribution < 1.29 is 24.2 Å². The van der Waals surface area contributed by atoms with Crippen molar-refractivity contribution in [1.29, 1.82) is 0 Å². The molecule has 1 fully saturated rings. The Balaban J connectivity index is 1.99. The number of hydrogen-bond acceptors (Lipinski definition) is 6. The van der Waals surface area contributed by atoms with Crippen LogP contribution < -0.4 is 14.8 Å². The van der Waals surface area contributed by atoms with E-state index < -0.39 is 5.97 Å². The Kier molecular flexibility index (Phi) is 6.23. The second kappa shape index (κ2) is 8.83. The van der Waals surface area contributed by atoms with E-state index >= 15 is 0 Å². The van der Waals surface area contributed by atoms with Gasteiger partial charge >= 0.3 is 5.97 Å². The molecule has 2 aromatic rings. The van der Waals surface area contributed by atoms with Gasteiger partial charge < -0.3 is 19.9 Å². The van der Waals surface area contributed by atoms with Gasteiger partial charge in [-0.25, -0.2) is 9.79 Å². The van der Waals surface area contributed by atoms with Crippen molar-refractivity contribution >= 4 is 40.6 Å². The van der Waals surface area contributed by atoms with E-state index in [0.29, 0.717) is 21.4 Å². The fourth-order valence-electron chi connectivity index (χ4n) is 2.93. The Morgan fingerprint density at radius 2 is 1.97 bits per heavy atom. The fraction of sp³-hybridized carbons (Fsp3) is 0.190. The number of amides is 1. The monoisotopic (exact) mass is 412 g/mol. The molecule has 1 aliphatic heterocycles. The summed E-state index contributed by atoms with van der Waals surface area (Å²) in [7, 11) is 2.80. The number of aryl methyl sites for hydroxylation is 1. The van der Waals surface area contributed by atoms with Gasteiger partial charge in [-0.15, -0.1) is 0 Å². The van der Waals surface area contributed by atoms with Crippen LogP contribution in [-0.2, 0) is 11.2 Å². The average molecular weight is 412 g/mol. The number of rotatable bonds is 6. The minimum Gasteiger partial charge on any atom is -0.493 e. The number of ether oxygens (including phenoxy) is 2. The van der Waals surface area contributed by atoms with Crippen molar-refractivity contribution in [2.45, 2.75) is 13.3 Å². The summed E-state index contributed by atoms with van der Waals surface area (Å²) in [5.74, 6) is -1.12. The van der Waals surface area contributed by atoms with Crippen LogP contribution in [0.25, 0.3) is 6.08 Å². The lowest BCUT2D eigenvalue weighted by molar-refractivity contribution is -0.115. The predicted molar refractivity (Wildman–Crippen MR) is 113 cm³/mol. The van der Waals surface area contributed by atoms with Crippen LogP contribution in [0.5, 0.6) is 11.5 Å². The number of carboxylic acids is 1. The first-order valence-electron chi connectivity index (χ1n) is 8.84. The molecule has 1 heterocycles. The van der Waals surface area contributed by atoms with E-state index in [-0.39, 0.29) is 17.2 Å². The number of carbonyl (C=O) groups is 2. The van der Waals surface area contributed by atoms with Crippen LogP contribution in [-0.4, -0.2) is 36.4 Å². The molecule has 0 radical (unpaired) electrons. The van der Waals surface area contributed by atoms with Crippen molar-refractivity contribution in [2.75, 3.05) is 14.2 Å². The molecule has 150 valence electrons. The molecule has 1 aliphatic rings. The Morgan fingerprint density at radius 3 is 2.62 bits per heavy atom. The molecule has 29 heavy (non-hydrogen) atoms. The van der Waals surface area contributed by atoms with E-state index in [9.17, 15) is 14.7 Å². The molecule has 0 spiro atoms. The van der Waals surface area contributed by atoms with Gasteiger partial charge in [-0.1, -0.05) is 31.2 Å². The number of amidine groups is 1. The van der Waals surface area contributed by atoms with Gasteiger partial charge in [0.15, 0.2) is 16.7 Å². The molecule has 1 saturated heterocycles.